The van der Waals surface area contributed by atoms with E-state index in [9.17, 15) is 0 Å². The van der Waals surface area contributed by atoms with E-state index in [4.69, 9.17) is 20.5 Å². The number of rotatable bonds is 2. The van der Waals surface area contributed by atoms with Crippen molar-refractivity contribution < 1.29 is 9.47 Å². The van der Waals surface area contributed by atoms with Gasteiger partial charge in [0.05, 0.1) is 5.56 Å². The van der Waals surface area contributed by atoms with Crippen molar-refractivity contribution in [2.75, 3.05) is 12.5 Å². The van der Waals surface area contributed by atoms with Crippen LogP contribution in [0.5, 0.6) is 11.5 Å². The Labute approximate surface area is 117 Å². The summed E-state index contributed by atoms with van der Waals surface area (Å²) in [5, 5.41) is 9.15. The van der Waals surface area contributed by atoms with Crippen molar-refractivity contribution in [2.45, 2.75) is 20.4 Å². The fourth-order valence-corrected chi connectivity index (χ4v) is 2.46. The Hall–Kier alpha value is -2.61. The lowest BCUT2D eigenvalue weighted by atomic mass is 10.2. The van der Waals surface area contributed by atoms with Crippen LogP contribution in [0, 0.1) is 25.2 Å². The summed E-state index contributed by atoms with van der Waals surface area (Å²) < 4.78 is 12.6. The van der Waals surface area contributed by atoms with E-state index in [2.05, 4.69) is 6.07 Å². The molecule has 0 spiro atoms. The lowest BCUT2D eigenvalue weighted by Gasteiger charge is -2.10. The van der Waals surface area contributed by atoms with Gasteiger partial charge in [0.2, 0.25) is 6.79 Å². The Morgan fingerprint density at radius 1 is 1.30 bits per heavy atom. The Balaban J connectivity index is 1.98. The number of aromatic nitrogens is 1. The van der Waals surface area contributed by atoms with Gasteiger partial charge in [-0.25, -0.2) is 0 Å². The third-order valence-electron chi connectivity index (χ3n) is 3.76. The Morgan fingerprint density at radius 2 is 2.05 bits per heavy atom. The average molecular weight is 269 g/mol. The lowest BCUT2D eigenvalue weighted by molar-refractivity contribution is 0.174. The molecule has 3 rings (SSSR count). The summed E-state index contributed by atoms with van der Waals surface area (Å²) in [4.78, 5) is 0. The van der Waals surface area contributed by atoms with Crippen LogP contribution in [-0.4, -0.2) is 11.4 Å². The average Bonchev–Trinajstić information content (AvgIpc) is 2.98. The number of nitriles is 1. The molecular weight excluding hydrogens is 254 g/mol. The second kappa shape index (κ2) is 4.49. The zero-order valence-corrected chi connectivity index (χ0v) is 11.4. The van der Waals surface area contributed by atoms with Crippen molar-refractivity contribution in [3.8, 4) is 17.6 Å². The van der Waals surface area contributed by atoms with Crippen LogP contribution < -0.4 is 15.2 Å². The summed E-state index contributed by atoms with van der Waals surface area (Å²) in [5.74, 6) is 2.03. The molecule has 102 valence electrons. The molecule has 1 aliphatic rings. The van der Waals surface area contributed by atoms with Crippen LogP contribution in [0.3, 0.4) is 0 Å². The minimum absolute atomic E-state index is 0.265. The van der Waals surface area contributed by atoms with Gasteiger partial charge in [-0.1, -0.05) is 6.07 Å². The van der Waals surface area contributed by atoms with Crippen LogP contribution in [-0.2, 0) is 6.54 Å². The molecule has 2 heterocycles. The van der Waals surface area contributed by atoms with Gasteiger partial charge in [-0.05, 0) is 37.1 Å². The molecule has 5 nitrogen and oxygen atoms in total. The first-order valence-electron chi connectivity index (χ1n) is 6.35. The molecule has 0 fully saturated rings. The van der Waals surface area contributed by atoms with Gasteiger partial charge in [0, 0.05) is 12.2 Å². The summed E-state index contributed by atoms with van der Waals surface area (Å²) in [6.45, 7) is 4.76. The lowest BCUT2D eigenvalue weighted by Crippen LogP contribution is -2.06. The van der Waals surface area contributed by atoms with Crippen molar-refractivity contribution in [1.82, 2.24) is 4.57 Å². The maximum absolute atomic E-state index is 9.15. The van der Waals surface area contributed by atoms with Crippen LogP contribution in [0.25, 0.3) is 0 Å². The molecule has 0 atom stereocenters. The number of benzene rings is 1. The van der Waals surface area contributed by atoms with Gasteiger partial charge in [-0.15, -0.1) is 0 Å². The van der Waals surface area contributed by atoms with Gasteiger partial charge in [0.1, 0.15) is 11.9 Å². The van der Waals surface area contributed by atoms with Crippen molar-refractivity contribution in [1.29, 1.82) is 5.26 Å². The zero-order chi connectivity index (χ0) is 14.3. The minimum Gasteiger partial charge on any atom is -0.454 e. The molecule has 0 saturated heterocycles. The highest BCUT2D eigenvalue weighted by atomic mass is 16.7. The van der Waals surface area contributed by atoms with Gasteiger partial charge in [-0.3, -0.25) is 0 Å². The number of nitrogens with zero attached hydrogens (tertiary/aromatic N) is 2. The van der Waals surface area contributed by atoms with Gasteiger partial charge in [-0.2, -0.15) is 5.26 Å². The number of nitrogens with two attached hydrogens (primary N) is 1. The maximum atomic E-state index is 9.15. The highest BCUT2D eigenvalue weighted by Crippen LogP contribution is 2.33. The van der Waals surface area contributed by atoms with Gasteiger partial charge < -0.3 is 19.8 Å². The molecule has 2 aromatic rings. The molecule has 0 unspecified atom stereocenters. The third kappa shape index (κ3) is 1.77. The van der Waals surface area contributed by atoms with E-state index in [-0.39, 0.29) is 6.79 Å². The molecule has 2 N–H and O–H groups in total. The second-order valence-electron chi connectivity index (χ2n) is 4.86. The Kier molecular flexibility index (Phi) is 2.79. The number of nitrogen functional groups attached to an aromatic ring is 1. The van der Waals surface area contributed by atoms with Crippen LogP contribution >= 0.6 is 0 Å². The number of ether oxygens (including phenoxy) is 2. The molecule has 20 heavy (non-hydrogen) atoms. The largest absolute Gasteiger partial charge is 0.454 e. The van der Waals surface area contributed by atoms with E-state index >= 15 is 0 Å². The molecule has 0 saturated carbocycles. The molecule has 0 bridgehead atoms. The minimum atomic E-state index is 0.265. The SMILES string of the molecule is Cc1c(C#N)c(N)n(Cc2ccc3c(c2)OCO3)c1C. The number of hydrogen-bond acceptors (Lipinski definition) is 4. The van der Waals surface area contributed by atoms with Gasteiger partial charge >= 0.3 is 0 Å². The monoisotopic (exact) mass is 269 g/mol. The van der Waals surface area contributed by atoms with Crippen LogP contribution in [0.4, 0.5) is 5.82 Å². The van der Waals surface area contributed by atoms with Crippen molar-refractivity contribution in [2.24, 2.45) is 0 Å². The fourth-order valence-electron chi connectivity index (χ4n) is 2.46. The maximum Gasteiger partial charge on any atom is 0.231 e. The molecule has 1 aromatic heterocycles. The zero-order valence-electron chi connectivity index (χ0n) is 11.4. The van der Waals surface area contributed by atoms with Crippen LogP contribution in [0.2, 0.25) is 0 Å². The molecule has 0 radical (unpaired) electrons. The molecular formula is C15H15N3O2. The standard InChI is InChI=1S/C15H15N3O2/c1-9-10(2)18(15(17)12(9)6-16)7-11-3-4-13-14(5-11)20-8-19-13/h3-5H,7-8,17H2,1-2H3. The fraction of sp³-hybridized carbons (Fsp3) is 0.267. The first-order chi connectivity index (χ1) is 9.61. The van der Waals surface area contributed by atoms with E-state index in [1.165, 1.54) is 0 Å². The highest BCUT2D eigenvalue weighted by molar-refractivity contribution is 5.58. The van der Waals surface area contributed by atoms with E-state index in [0.717, 1.165) is 28.3 Å². The number of fused-ring (bicyclic) bond motifs is 1. The van der Waals surface area contributed by atoms with Crippen LogP contribution in [0.15, 0.2) is 18.2 Å². The molecule has 0 aliphatic carbocycles. The molecule has 0 amide bonds. The quantitative estimate of drug-likeness (QED) is 0.908. The van der Waals surface area contributed by atoms with Crippen molar-refractivity contribution in [3.63, 3.8) is 0 Å². The normalized spacial score (nSPS) is 12.4. The Bertz CT molecular complexity index is 726. The Morgan fingerprint density at radius 3 is 2.75 bits per heavy atom. The summed E-state index contributed by atoms with van der Waals surface area (Å²) in [7, 11) is 0. The number of hydrogen-bond donors (Lipinski definition) is 1. The van der Waals surface area contributed by atoms with Crippen molar-refractivity contribution >= 4 is 5.82 Å². The van der Waals surface area contributed by atoms with E-state index in [0.29, 0.717) is 17.9 Å². The predicted octanol–water partition coefficient (Wildman–Crippen LogP) is 2.34. The number of anilines is 1. The summed E-state index contributed by atoms with van der Waals surface area (Å²) in [6.07, 6.45) is 0. The molecule has 1 aromatic carbocycles. The molecule has 1 aliphatic heterocycles. The highest BCUT2D eigenvalue weighted by Gasteiger charge is 2.17. The summed E-state index contributed by atoms with van der Waals surface area (Å²) in [6, 6.07) is 7.98. The topological polar surface area (TPSA) is 73.2 Å². The second-order valence-corrected chi connectivity index (χ2v) is 4.86. The summed E-state index contributed by atoms with van der Waals surface area (Å²) in [5.41, 5.74) is 9.62. The summed E-state index contributed by atoms with van der Waals surface area (Å²) >= 11 is 0. The first-order valence-corrected chi connectivity index (χ1v) is 6.35. The van der Waals surface area contributed by atoms with Gasteiger partial charge in [0.15, 0.2) is 11.5 Å². The van der Waals surface area contributed by atoms with E-state index in [1.54, 1.807) is 0 Å². The van der Waals surface area contributed by atoms with Gasteiger partial charge in [0.25, 0.3) is 0 Å². The third-order valence-corrected chi connectivity index (χ3v) is 3.76. The first kappa shape index (κ1) is 12.4. The van der Waals surface area contributed by atoms with E-state index in [1.807, 2.05) is 36.6 Å². The molecule has 5 heteroatoms. The van der Waals surface area contributed by atoms with Crippen LogP contribution in [0.1, 0.15) is 22.4 Å². The van der Waals surface area contributed by atoms with E-state index < -0.39 is 0 Å². The predicted molar refractivity (Wildman–Crippen MR) is 74.7 cm³/mol. The smallest absolute Gasteiger partial charge is 0.231 e. The van der Waals surface area contributed by atoms with Crippen molar-refractivity contribution in [3.05, 3.63) is 40.6 Å².